The predicted molar refractivity (Wildman–Crippen MR) is 50.1 cm³/mol. The van der Waals surface area contributed by atoms with Crippen LogP contribution in [0.2, 0.25) is 0 Å². The van der Waals surface area contributed by atoms with E-state index in [0.29, 0.717) is 0 Å². The van der Waals surface area contributed by atoms with Crippen LogP contribution in [0.25, 0.3) is 0 Å². The van der Waals surface area contributed by atoms with Crippen molar-refractivity contribution in [1.29, 1.82) is 0 Å². The number of aromatic nitrogens is 1. The van der Waals surface area contributed by atoms with Crippen LogP contribution in [-0.4, -0.2) is 26.6 Å². The molecule has 1 heterocycles. The van der Waals surface area contributed by atoms with E-state index in [1.165, 1.54) is 0 Å². The maximum Gasteiger partial charge on any atom is 1.00 e. The first-order valence-electron chi connectivity index (χ1n) is 4.04. The molecule has 0 aliphatic rings. The minimum atomic E-state index is -4.91. The Hall–Kier alpha value is 0.591. The fourth-order valence-corrected chi connectivity index (χ4v) is 1.58. The largest absolute Gasteiger partial charge is 1.00 e. The zero-order chi connectivity index (χ0) is 11.7. The molecular formula is C7H8BF3KNO2S. The second-order valence-corrected chi connectivity index (χ2v) is 5.15. The molecule has 0 N–H and O–H groups in total. The summed E-state index contributed by atoms with van der Waals surface area (Å²) in [6, 6.07) is 2.20. The summed E-state index contributed by atoms with van der Waals surface area (Å²) >= 11 is 0. The van der Waals surface area contributed by atoms with Gasteiger partial charge in [0.1, 0.15) is 0 Å². The Kier molecular flexibility index (Phi) is 6.18. The van der Waals surface area contributed by atoms with Gasteiger partial charge in [-0.3, -0.25) is 0 Å². The fraction of sp³-hybridized carbons (Fsp3) is 0.286. The van der Waals surface area contributed by atoms with E-state index in [1.54, 1.807) is 0 Å². The fourth-order valence-electron chi connectivity index (χ4n) is 1.02. The Morgan fingerprint density at radius 1 is 1.31 bits per heavy atom. The molecule has 0 bridgehead atoms. The summed E-state index contributed by atoms with van der Waals surface area (Å²) in [5.74, 6) is 0. The van der Waals surface area contributed by atoms with Crippen molar-refractivity contribution in [3.05, 3.63) is 23.9 Å². The number of nitrogens with zero attached hydrogens (tertiary/aromatic N) is 1. The van der Waals surface area contributed by atoms with Crippen LogP contribution in [0, 0.1) is 0 Å². The van der Waals surface area contributed by atoms with Gasteiger partial charge in [-0.2, -0.15) is 0 Å². The van der Waals surface area contributed by atoms with Crippen LogP contribution >= 0.6 is 0 Å². The number of pyridine rings is 1. The molecule has 3 nitrogen and oxygen atoms in total. The third kappa shape index (κ3) is 5.78. The molecule has 0 aromatic carbocycles. The number of hydrogen-bond acceptors (Lipinski definition) is 3. The van der Waals surface area contributed by atoms with Crippen LogP contribution in [0.1, 0.15) is 5.56 Å². The summed E-state index contributed by atoms with van der Waals surface area (Å²) in [6.45, 7) is -4.91. The van der Waals surface area contributed by atoms with E-state index in [0.717, 1.165) is 24.6 Å². The van der Waals surface area contributed by atoms with Gasteiger partial charge in [0.05, 0.1) is 0 Å². The first kappa shape index (κ1) is 16.6. The standard InChI is InChI=1S/C7H8BF3NO2S.K/c1-15(13,14)7-3-2-6(5-12-7)4-8(9,10)11;/h2-3,5H,4H2,1H3;/q-1;+1. The van der Waals surface area contributed by atoms with Gasteiger partial charge in [-0.25, -0.2) is 13.4 Å². The minimum Gasteiger partial charge on any atom is -0.449 e. The number of halogens is 3. The minimum absolute atomic E-state index is 0. The molecule has 0 aliphatic heterocycles. The SMILES string of the molecule is CS(=O)(=O)c1ccc(C[B-](F)(F)F)cn1.[K+]. The molecule has 0 amide bonds. The molecule has 0 saturated carbocycles. The molecule has 16 heavy (non-hydrogen) atoms. The van der Waals surface area contributed by atoms with Crippen LogP contribution in [0.5, 0.6) is 0 Å². The molecule has 0 unspecified atom stereocenters. The Labute approximate surface area is 134 Å². The van der Waals surface area contributed by atoms with Gasteiger partial charge in [0.15, 0.2) is 14.9 Å². The molecule has 0 atom stereocenters. The Bertz CT molecular complexity index is 446. The average molecular weight is 277 g/mol. The Morgan fingerprint density at radius 3 is 2.19 bits per heavy atom. The summed E-state index contributed by atoms with van der Waals surface area (Å²) in [7, 11) is -3.45. The van der Waals surface area contributed by atoms with Gasteiger partial charge in [-0.15, -0.1) is 0 Å². The Morgan fingerprint density at radius 2 is 1.88 bits per heavy atom. The molecule has 9 heteroatoms. The van der Waals surface area contributed by atoms with Gasteiger partial charge in [0.2, 0.25) is 0 Å². The quantitative estimate of drug-likeness (QED) is 0.626. The van der Waals surface area contributed by atoms with Crippen LogP contribution in [-0.2, 0) is 16.2 Å². The summed E-state index contributed by atoms with van der Waals surface area (Å²) < 4.78 is 57.9. The third-order valence-electron chi connectivity index (χ3n) is 1.64. The zero-order valence-corrected chi connectivity index (χ0v) is 12.8. The molecule has 84 valence electrons. The summed E-state index contributed by atoms with van der Waals surface area (Å²) in [6.07, 6.45) is 0.839. The van der Waals surface area contributed by atoms with Gasteiger partial charge >= 0.3 is 58.4 Å². The summed E-state index contributed by atoms with van der Waals surface area (Å²) in [5, 5.41) is -0.221. The first-order chi connectivity index (χ1) is 6.68. The van der Waals surface area contributed by atoms with Gasteiger partial charge in [0.25, 0.3) is 0 Å². The van der Waals surface area contributed by atoms with Crippen molar-refractivity contribution >= 4 is 16.8 Å². The van der Waals surface area contributed by atoms with Crippen molar-refractivity contribution in [3.63, 3.8) is 0 Å². The van der Waals surface area contributed by atoms with E-state index in [1.807, 2.05) is 0 Å². The van der Waals surface area contributed by atoms with E-state index >= 15 is 0 Å². The monoisotopic (exact) mass is 277 g/mol. The molecule has 0 aliphatic carbocycles. The third-order valence-corrected chi connectivity index (χ3v) is 2.65. The topological polar surface area (TPSA) is 47.0 Å². The molecular weight excluding hydrogens is 269 g/mol. The van der Waals surface area contributed by atoms with Crippen molar-refractivity contribution < 1.29 is 72.7 Å². The second-order valence-electron chi connectivity index (χ2n) is 3.19. The van der Waals surface area contributed by atoms with Crippen molar-refractivity contribution in [3.8, 4) is 0 Å². The van der Waals surface area contributed by atoms with E-state index in [2.05, 4.69) is 4.98 Å². The molecule has 1 aromatic heterocycles. The van der Waals surface area contributed by atoms with E-state index in [4.69, 9.17) is 0 Å². The molecule has 1 aromatic rings. The van der Waals surface area contributed by atoms with Gasteiger partial charge in [0, 0.05) is 12.5 Å². The van der Waals surface area contributed by atoms with Gasteiger partial charge in [-0.05, 0) is 6.07 Å². The van der Waals surface area contributed by atoms with Crippen LogP contribution < -0.4 is 51.4 Å². The summed E-state index contributed by atoms with van der Waals surface area (Å²) in [5.41, 5.74) is -0.0325. The van der Waals surface area contributed by atoms with Crippen LogP contribution in [0.15, 0.2) is 23.4 Å². The molecule has 0 radical (unpaired) electrons. The summed E-state index contributed by atoms with van der Waals surface area (Å²) in [4.78, 5) is 3.46. The average Bonchev–Trinajstić information content (AvgIpc) is 2.00. The van der Waals surface area contributed by atoms with Crippen molar-refractivity contribution in [2.24, 2.45) is 0 Å². The van der Waals surface area contributed by atoms with E-state index in [9.17, 15) is 21.4 Å². The number of hydrogen-bond donors (Lipinski definition) is 0. The molecule has 1 rings (SSSR count). The van der Waals surface area contributed by atoms with Crippen molar-refractivity contribution in [2.45, 2.75) is 11.3 Å². The molecule has 0 spiro atoms. The van der Waals surface area contributed by atoms with Crippen LogP contribution in [0.3, 0.4) is 0 Å². The maximum absolute atomic E-state index is 12.0. The Balaban J connectivity index is 0.00000225. The maximum atomic E-state index is 12.0. The van der Waals surface area contributed by atoms with Gasteiger partial charge in [-0.1, -0.05) is 17.9 Å². The normalized spacial score (nSPS) is 12.0. The number of rotatable bonds is 3. The second kappa shape index (κ2) is 5.96. The smallest absolute Gasteiger partial charge is 0.449 e. The predicted octanol–water partition coefficient (Wildman–Crippen LogP) is -1.58. The van der Waals surface area contributed by atoms with E-state index < -0.39 is 23.1 Å². The first-order valence-corrected chi connectivity index (χ1v) is 5.93. The molecule has 0 fully saturated rings. The molecule has 0 saturated heterocycles. The van der Waals surface area contributed by atoms with Crippen molar-refractivity contribution in [2.75, 3.05) is 6.26 Å². The van der Waals surface area contributed by atoms with Crippen LogP contribution in [0.4, 0.5) is 12.9 Å². The zero-order valence-electron chi connectivity index (χ0n) is 8.82. The van der Waals surface area contributed by atoms with Crippen molar-refractivity contribution in [1.82, 2.24) is 4.98 Å². The van der Waals surface area contributed by atoms with Gasteiger partial charge < -0.3 is 12.9 Å². The number of sulfone groups is 1. The van der Waals surface area contributed by atoms with E-state index in [-0.39, 0.29) is 62.0 Å².